The van der Waals surface area contributed by atoms with Crippen molar-refractivity contribution in [3.63, 3.8) is 0 Å². The largest absolute Gasteiger partial charge is 0.497 e. The van der Waals surface area contributed by atoms with Gasteiger partial charge in [-0.2, -0.15) is 0 Å². The first kappa shape index (κ1) is 22.9. The number of nitro groups is 1. The van der Waals surface area contributed by atoms with E-state index in [4.69, 9.17) is 17.0 Å². The molecule has 3 rings (SSSR count). The van der Waals surface area contributed by atoms with Crippen LogP contribution in [0.4, 0.5) is 5.69 Å². The third-order valence-corrected chi connectivity index (χ3v) is 5.63. The van der Waals surface area contributed by atoms with Crippen LogP contribution in [0.5, 0.6) is 5.75 Å². The number of ether oxygens (including phenoxy) is 1. The summed E-state index contributed by atoms with van der Waals surface area (Å²) in [5.41, 5.74) is 4.37. The van der Waals surface area contributed by atoms with Crippen LogP contribution in [-0.4, -0.2) is 45.5 Å². The summed E-state index contributed by atoms with van der Waals surface area (Å²) >= 11 is 6.24. The van der Waals surface area contributed by atoms with Crippen molar-refractivity contribution in [2.24, 2.45) is 0 Å². The Balaban J connectivity index is 1.61. The van der Waals surface area contributed by atoms with Gasteiger partial charge in [0.25, 0.3) is 23.4 Å². The number of nitrogens with zero attached hydrogens (tertiary/aromatic N) is 2. The van der Waals surface area contributed by atoms with Crippen LogP contribution in [-0.2, 0) is 9.59 Å². The van der Waals surface area contributed by atoms with Crippen LogP contribution in [0.1, 0.15) is 15.9 Å². The molecule has 0 bridgehead atoms. The minimum absolute atomic E-state index is 0.190. The number of carbonyl (C=O) groups excluding carboxylic acids is 3. The number of thiocarbonyl (C=S) groups is 1. The number of hydrazine groups is 1. The lowest BCUT2D eigenvalue weighted by atomic mass is 10.2. The molecule has 3 amide bonds. The molecule has 1 fully saturated rings. The maximum atomic E-state index is 12.6. The first-order chi connectivity index (χ1) is 15.3. The van der Waals surface area contributed by atoms with Crippen molar-refractivity contribution >= 4 is 57.8 Å². The lowest BCUT2D eigenvalue weighted by Crippen LogP contribution is -2.47. The average molecular weight is 473 g/mol. The lowest BCUT2D eigenvalue weighted by molar-refractivity contribution is -0.385. The van der Waals surface area contributed by atoms with Gasteiger partial charge in [-0.25, -0.2) is 0 Å². The number of hydrogen-bond donors (Lipinski definition) is 2. The first-order valence-corrected chi connectivity index (χ1v) is 10.2. The molecule has 0 aliphatic carbocycles. The second-order valence-electron chi connectivity index (χ2n) is 6.32. The third-order valence-electron chi connectivity index (χ3n) is 4.25. The van der Waals surface area contributed by atoms with E-state index in [1.54, 1.807) is 37.5 Å². The Kier molecular flexibility index (Phi) is 7.18. The Hall–Kier alpha value is -3.77. The van der Waals surface area contributed by atoms with Crippen molar-refractivity contribution in [2.75, 3.05) is 13.7 Å². The van der Waals surface area contributed by atoms with Gasteiger partial charge in [-0.3, -0.25) is 40.2 Å². The molecule has 164 valence electrons. The van der Waals surface area contributed by atoms with Crippen molar-refractivity contribution in [3.05, 3.63) is 74.7 Å². The van der Waals surface area contributed by atoms with Gasteiger partial charge < -0.3 is 4.74 Å². The smallest absolute Gasteiger partial charge is 0.282 e. The fourth-order valence-electron chi connectivity index (χ4n) is 2.69. The molecule has 2 aromatic rings. The van der Waals surface area contributed by atoms with Crippen LogP contribution in [0.15, 0.2) is 53.4 Å². The van der Waals surface area contributed by atoms with Crippen molar-refractivity contribution in [1.82, 2.24) is 15.8 Å². The molecule has 32 heavy (non-hydrogen) atoms. The highest BCUT2D eigenvalue weighted by atomic mass is 32.2. The maximum absolute atomic E-state index is 12.6. The zero-order valence-electron chi connectivity index (χ0n) is 16.6. The molecule has 0 unspecified atom stereocenters. The van der Waals surface area contributed by atoms with Crippen LogP contribution in [0, 0.1) is 10.1 Å². The molecule has 0 spiro atoms. The van der Waals surface area contributed by atoms with Gasteiger partial charge in [-0.05, 0) is 29.8 Å². The molecule has 1 heterocycles. The number of methoxy groups -OCH3 is 1. The van der Waals surface area contributed by atoms with E-state index in [0.29, 0.717) is 10.7 Å². The molecule has 2 aromatic carbocycles. The number of carbonyl (C=O) groups is 3. The van der Waals surface area contributed by atoms with Gasteiger partial charge in [0.1, 0.15) is 22.2 Å². The number of rotatable bonds is 6. The number of nitrogens with one attached hydrogen (secondary N) is 2. The topological polar surface area (TPSA) is 131 Å². The van der Waals surface area contributed by atoms with Gasteiger partial charge in [0.05, 0.1) is 16.9 Å². The second-order valence-corrected chi connectivity index (χ2v) is 7.99. The first-order valence-electron chi connectivity index (χ1n) is 9.02. The van der Waals surface area contributed by atoms with Gasteiger partial charge in [-0.1, -0.05) is 48.2 Å². The molecule has 1 saturated heterocycles. The average Bonchev–Trinajstić information content (AvgIpc) is 3.05. The Morgan fingerprint density at radius 3 is 2.53 bits per heavy atom. The Morgan fingerprint density at radius 2 is 1.88 bits per heavy atom. The fourth-order valence-corrected chi connectivity index (χ4v) is 3.94. The van der Waals surface area contributed by atoms with Crippen molar-refractivity contribution in [2.45, 2.75) is 0 Å². The molecule has 0 aromatic heterocycles. The van der Waals surface area contributed by atoms with Crippen LogP contribution in [0.2, 0.25) is 0 Å². The number of nitro benzene ring substituents is 1. The van der Waals surface area contributed by atoms with Gasteiger partial charge in [0, 0.05) is 6.07 Å². The summed E-state index contributed by atoms with van der Waals surface area (Å²) in [5.74, 6) is -1.36. The van der Waals surface area contributed by atoms with Crippen molar-refractivity contribution in [1.29, 1.82) is 0 Å². The van der Waals surface area contributed by atoms with E-state index >= 15 is 0 Å². The molecule has 0 radical (unpaired) electrons. The molecule has 0 atom stereocenters. The zero-order chi connectivity index (χ0) is 23.3. The minimum atomic E-state index is -0.865. The monoisotopic (exact) mass is 472 g/mol. The molecule has 1 aliphatic rings. The van der Waals surface area contributed by atoms with E-state index in [1.807, 2.05) is 0 Å². The fraction of sp³-hybridized carbons (Fsp3) is 0.100. The van der Waals surface area contributed by atoms with Gasteiger partial charge in [0.2, 0.25) is 0 Å². The van der Waals surface area contributed by atoms with E-state index in [2.05, 4.69) is 10.9 Å². The quantitative estimate of drug-likeness (QED) is 0.283. The highest BCUT2D eigenvalue weighted by molar-refractivity contribution is 8.26. The third kappa shape index (κ3) is 5.28. The summed E-state index contributed by atoms with van der Waals surface area (Å²) in [6, 6.07) is 12.4. The minimum Gasteiger partial charge on any atom is -0.497 e. The Bertz CT molecular complexity index is 1130. The number of benzene rings is 2. The molecular formula is C20H16N4O6S2. The lowest BCUT2D eigenvalue weighted by Gasteiger charge is -2.14. The van der Waals surface area contributed by atoms with Crippen LogP contribution < -0.4 is 15.6 Å². The maximum Gasteiger partial charge on any atom is 0.282 e. The normalized spacial score (nSPS) is 14.4. The summed E-state index contributed by atoms with van der Waals surface area (Å²) < 4.78 is 5.28. The number of amides is 3. The summed E-state index contributed by atoms with van der Waals surface area (Å²) in [7, 11) is 1.55. The Labute approximate surface area is 191 Å². The summed E-state index contributed by atoms with van der Waals surface area (Å²) in [6.07, 6.45) is 1.65. The summed E-state index contributed by atoms with van der Waals surface area (Å²) in [4.78, 5) is 48.8. The highest BCUT2D eigenvalue weighted by Crippen LogP contribution is 2.32. The van der Waals surface area contributed by atoms with Crippen LogP contribution in [0.25, 0.3) is 6.08 Å². The number of hydrogen-bond acceptors (Lipinski definition) is 8. The standard InChI is InChI=1S/C20H16N4O6S2/c1-30-13-8-6-12(7-9-13)10-16-19(27)23(20(31)32-16)11-17(25)21-22-18(26)14-4-2-3-5-15(14)24(28)29/h2-10H,11H2,1H3,(H,21,25)(H,22,26). The van der Waals surface area contributed by atoms with Crippen molar-refractivity contribution < 1.29 is 24.0 Å². The predicted molar refractivity (Wildman–Crippen MR) is 122 cm³/mol. The van der Waals surface area contributed by atoms with E-state index in [1.165, 1.54) is 24.3 Å². The molecule has 12 heteroatoms. The summed E-state index contributed by atoms with van der Waals surface area (Å²) in [6.45, 7) is -0.429. The van der Waals surface area contributed by atoms with E-state index in [-0.39, 0.29) is 9.88 Å². The van der Waals surface area contributed by atoms with Crippen molar-refractivity contribution in [3.8, 4) is 5.75 Å². The predicted octanol–water partition coefficient (Wildman–Crippen LogP) is 2.27. The molecule has 10 nitrogen and oxygen atoms in total. The SMILES string of the molecule is COc1ccc(C=C2SC(=S)N(CC(=O)NNC(=O)c3ccccc3[N+](=O)[O-])C2=O)cc1. The number of thioether (sulfide) groups is 1. The van der Waals surface area contributed by atoms with E-state index < -0.39 is 34.9 Å². The van der Waals surface area contributed by atoms with E-state index in [0.717, 1.165) is 22.2 Å². The number of para-hydroxylation sites is 1. The zero-order valence-corrected chi connectivity index (χ0v) is 18.2. The van der Waals surface area contributed by atoms with Gasteiger partial charge in [-0.15, -0.1) is 0 Å². The molecule has 0 saturated carbocycles. The Morgan fingerprint density at radius 1 is 1.19 bits per heavy atom. The van der Waals surface area contributed by atoms with Gasteiger partial charge >= 0.3 is 0 Å². The van der Waals surface area contributed by atoms with Crippen LogP contribution >= 0.6 is 24.0 Å². The highest BCUT2D eigenvalue weighted by Gasteiger charge is 2.33. The van der Waals surface area contributed by atoms with Crippen LogP contribution in [0.3, 0.4) is 0 Å². The second kappa shape index (κ2) is 10.0. The summed E-state index contributed by atoms with van der Waals surface area (Å²) in [5, 5.41) is 11.0. The molecule has 2 N–H and O–H groups in total. The molecular weight excluding hydrogens is 456 g/mol. The molecule has 1 aliphatic heterocycles. The van der Waals surface area contributed by atoms with Gasteiger partial charge in [0.15, 0.2) is 0 Å². The van der Waals surface area contributed by atoms with E-state index in [9.17, 15) is 24.5 Å².